The normalized spacial score (nSPS) is 41.3. The van der Waals surface area contributed by atoms with Crippen molar-refractivity contribution in [2.75, 3.05) is 55.6 Å². The molecule has 6 heterocycles. The molecule has 0 aromatic rings. The summed E-state index contributed by atoms with van der Waals surface area (Å²) in [7, 11) is 8.35. The highest BCUT2D eigenvalue weighted by molar-refractivity contribution is 6.74. The van der Waals surface area contributed by atoms with Crippen molar-refractivity contribution >= 4 is 67.5 Å². The molecule has 0 bridgehead atoms. The lowest BCUT2D eigenvalue weighted by molar-refractivity contribution is -0.321. The summed E-state index contributed by atoms with van der Waals surface area (Å²) in [5.41, 5.74) is -9.26. The highest BCUT2D eigenvalue weighted by Crippen LogP contribution is 2.47. The Balaban J connectivity index is 0.000000481. The Morgan fingerprint density at radius 1 is 0.470 bits per heavy atom. The molecule has 5 N–H and O–H groups in total. The van der Waals surface area contributed by atoms with Gasteiger partial charge in [-0.25, -0.2) is 9.59 Å². The Morgan fingerprint density at radius 3 is 1.16 bits per heavy atom. The van der Waals surface area contributed by atoms with E-state index in [1.807, 2.05) is 84.8 Å². The maximum Gasteiger partial charge on any atom is 0.331 e. The standard InChI is InChI=1S/C53H94N2O17Si.C43H74N2O16/c1-22-40-53(16,61)45(59)32(4)42(54-72-38(10)58)30(2)28-52(15,63-25-23-24-26-64-73(20,21)50(11,12)13)46(71-49-44(67-36(8)56)39(55(17)18)27-31(3)65-49)33(5)43(34(6)48(60)69-40)70-41-29-51(14,62-19)47(35(7)66-41)68-37(9)57;1-17-31-43(13,52)36(49)23(4)33(44-61-29(10)48)21(2)19-41(11,51)37(60-40-35(56-27(8)46)30(45(14)15)18-22(3)54-40)24(5)34(25(6)39(50)58-31)59-32-20-42(12,53-16)38(26(7)55-32)57-28(9)47/h23-24,30-35,39-41,43-47,49,59,61H,22,25-29H2,1-21H3;21-26,30-32,34-38,40,49,51-52H,17-20H2,1-16H3/b24-23+,54-42+;44-33+/t30-,31-,32+,33+,34-,35+,39+,40-,41?,43+,44-,45-,46-,47+,49+,51-,52-,53-;21-,22-,23+,24+,25-,26+,30+,31-,32?,34+,35-,36-,37-,38+,40+,41-,42-,43-/m11/s1. The largest absolute Gasteiger partial charge is 0.459 e. The van der Waals surface area contributed by atoms with Crippen molar-refractivity contribution in [1.29, 1.82) is 0 Å². The maximum atomic E-state index is 14.9. The van der Waals surface area contributed by atoms with Crippen LogP contribution in [0.5, 0.6) is 0 Å². The molecule has 0 aromatic heterocycles. The lowest BCUT2D eigenvalue weighted by Crippen LogP contribution is -2.62. The fourth-order valence-corrected chi connectivity index (χ4v) is 20.7. The second-order valence-corrected chi connectivity index (χ2v) is 46.3. The second-order valence-electron chi connectivity index (χ2n) is 41.5. The van der Waals surface area contributed by atoms with Crippen molar-refractivity contribution in [3.05, 3.63) is 12.2 Å². The van der Waals surface area contributed by atoms with Crippen LogP contribution in [0.4, 0.5) is 0 Å². The molecule has 134 heavy (non-hydrogen) atoms. The van der Waals surface area contributed by atoms with Gasteiger partial charge in [0.1, 0.15) is 34.6 Å². The Kier molecular flexibility index (Phi) is 44.0. The molecule has 0 aromatic carbocycles. The molecule has 37 nitrogen and oxygen atoms in total. The van der Waals surface area contributed by atoms with Crippen LogP contribution in [-0.2, 0) is 133 Å². The quantitative estimate of drug-likeness (QED) is 0.0134. The van der Waals surface area contributed by atoms with Crippen LogP contribution in [-0.4, -0.2) is 327 Å². The average molecular weight is 1930 g/mol. The van der Waals surface area contributed by atoms with Crippen molar-refractivity contribution in [2.45, 2.75) is 439 Å². The zero-order valence-corrected chi connectivity index (χ0v) is 88.0. The summed E-state index contributed by atoms with van der Waals surface area (Å²) in [5, 5.41) is 69.4. The van der Waals surface area contributed by atoms with E-state index in [0.717, 1.165) is 0 Å². The van der Waals surface area contributed by atoms with Crippen LogP contribution in [0.15, 0.2) is 22.5 Å². The summed E-state index contributed by atoms with van der Waals surface area (Å²) >= 11 is 0. The molecule has 6 aliphatic rings. The molecule has 6 saturated heterocycles. The molecular formula is C96H168N4O33Si. The SMILES string of the molecule is CC[C@H]1OC(=O)[C@H](C)[C@@H](OC2C[C@@](C)(OC)[C@@H](OC(C)=O)[C@H](C)O2)[C@H](C)[C@@H](O[C@@H]2O[C@H](C)C[C@H](N(C)C)[C@H]2OC(C)=O)[C@](C)(O)C[C@@H](C)/C(=N\OC(C)=O)[C@H](C)[C@@H](O)[C@]1(C)O.CC[C@H]1OC(=O)[C@H](C)[C@@H](OC2C[C@@](C)(OC)[C@@H](OC(C)=O)[C@H](C)O2)[C@H](C)[C@@H](O[C@@H]2O[C@H](C)C[C@H](N(C)C)[C@H]2OC(C)=O)[C@](C)(OC/C=C/CO[Si](C)(C)C(C)(C)C)C[C@@H](C)/C(=N\OC(C)=O)[C@H](C)[C@@H](O)[C@]1(C)O. The number of cyclic esters (lactones) is 2. The number of oxime groups is 2. The Hall–Kier alpha value is -5.70. The van der Waals surface area contributed by atoms with Gasteiger partial charge in [0.15, 0.2) is 57.9 Å². The third kappa shape index (κ3) is 30.7. The van der Waals surface area contributed by atoms with Crippen molar-refractivity contribution < 1.29 is 159 Å². The van der Waals surface area contributed by atoms with Gasteiger partial charge in [-0.3, -0.25) is 28.8 Å². The van der Waals surface area contributed by atoms with E-state index >= 15 is 0 Å². The minimum Gasteiger partial charge on any atom is -0.459 e. The lowest BCUT2D eigenvalue weighted by atomic mass is 9.73. The number of hydrogen-bond acceptors (Lipinski definition) is 37. The van der Waals surface area contributed by atoms with Gasteiger partial charge in [-0.2, -0.15) is 0 Å². The van der Waals surface area contributed by atoms with E-state index in [9.17, 15) is 63.9 Å². The van der Waals surface area contributed by atoms with Gasteiger partial charge < -0.3 is 130 Å². The van der Waals surface area contributed by atoms with Gasteiger partial charge in [0, 0.05) is 104 Å². The van der Waals surface area contributed by atoms with E-state index in [1.54, 1.807) is 83.1 Å². The third-order valence-corrected chi connectivity index (χ3v) is 32.8. The van der Waals surface area contributed by atoms with Crippen LogP contribution in [0, 0.1) is 47.3 Å². The number of carbonyl (C=O) groups is 8. The Labute approximate surface area is 796 Å². The number of ether oxygens (including phenoxy) is 17. The van der Waals surface area contributed by atoms with Crippen molar-refractivity contribution in [1.82, 2.24) is 9.80 Å². The summed E-state index contributed by atoms with van der Waals surface area (Å²) in [6.45, 7) is 52.8. The first-order valence-electron chi connectivity index (χ1n) is 47.4. The Morgan fingerprint density at radius 2 is 0.821 bits per heavy atom. The van der Waals surface area contributed by atoms with E-state index in [-0.39, 0.29) is 85.9 Å². The summed E-state index contributed by atoms with van der Waals surface area (Å²) in [5.74, 6) is -12.6. The first-order chi connectivity index (χ1) is 61.7. The number of rotatable bonds is 26. The van der Waals surface area contributed by atoms with E-state index < -0.39 is 248 Å². The van der Waals surface area contributed by atoms with Crippen LogP contribution < -0.4 is 0 Å². The van der Waals surface area contributed by atoms with Crippen LogP contribution >= 0.6 is 0 Å². The number of likely N-dealkylation sites (N-methyl/N-ethyl adjacent to an activating group) is 2. The molecule has 6 fully saturated rings. The van der Waals surface area contributed by atoms with Crippen LogP contribution in [0.2, 0.25) is 18.1 Å². The highest BCUT2D eigenvalue weighted by Gasteiger charge is 2.59. The molecule has 0 amide bonds. The second kappa shape index (κ2) is 49.6. The van der Waals surface area contributed by atoms with Crippen LogP contribution in [0.1, 0.15) is 252 Å². The number of esters is 6. The van der Waals surface area contributed by atoms with Crippen molar-refractivity contribution in [3.8, 4) is 0 Å². The van der Waals surface area contributed by atoms with Crippen molar-refractivity contribution in [3.63, 3.8) is 0 Å². The van der Waals surface area contributed by atoms with Gasteiger partial charge in [0.2, 0.25) is 0 Å². The fourth-order valence-electron chi connectivity index (χ4n) is 19.8. The average Bonchev–Trinajstić information content (AvgIpc) is 0.763. The van der Waals surface area contributed by atoms with Crippen LogP contribution in [0.25, 0.3) is 0 Å². The molecule has 0 spiro atoms. The molecule has 2 unspecified atom stereocenters. The van der Waals surface area contributed by atoms with E-state index in [1.165, 1.54) is 76.5 Å². The number of aliphatic hydroxyl groups excluding tert-OH is 2. The zero-order valence-electron chi connectivity index (χ0n) is 87.0. The molecule has 38 heteroatoms. The first-order valence-corrected chi connectivity index (χ1v) is 50.3. The zero-order chi connectivity index (χ0) is 102. The van der Waals surface area contributed by atoms with Gasteiger partial charge in [0.25, 0.3) is 0 Å². The number of carbonyl (C=O) groups excluding carboxylic acids is 8. The summed E-state index contributed by atoms with van der Waals surface area (Å²) < 4.78 is 115. The molecule has 0 saturated carbocycles. The summed E-state index contributed by atoms with van der Waals surface area (Å²) in [4.78, 5) is 118. The predicted molar refractivity (Wildman–Crippen MR) is 495 cm³/mol. The summed E-state index contributed by atoms with van der Waals surface area (Å²) in [6, 6.07) is -0.700. The predicted octanol–water partition coefficient (Wildman–Crippen LogP) is 10.2. The van der Waals surface area contributed by atoms with E-state index in [4.69, 9.17) is 94.6 Å². The first kappa shape index (κ1) is 119. The smallest absolute Gasteiger partial charge is 0.331 e. The molecule has 36 atom stereocenters. The summed E-state index contributed by atoms with van der Waals surface area (Å²) in [6.07, 6.45) is -15.7. The number of methoxy groups -OCH3 is 2. The Bertz CT molecular complexity index is 3910. The van der Waals surface area contributed by atoms with Gasteiger partial charge in [-0.1, -0.05) is 98.6 Å². The number of hydrogen-bond donors (Lipinski definition) is 5. The molecule has 0 radical (unpaired) electrons. The number of aliphatic hydroxyl groups is 5. The van der Waals surface area contributed by atoms with E-state index in [2.05, 4.69) is 44.2 Å². The molecule has 0 aliphatic carbocycles. The highest BCUT2D eigenvalue weighted by atomic mass is 28.4. The molecule has 6 aliphatic heterocycles. The van der Waals surface area contributed by atoms with Crippen molar-refractivity contribution in [2.24, 2.45) is 57.7 Å². The molecule has 774 valence electrons. The van der Waals surface area contributed by atoms with E-state index in [0.29, 0.717) is 19.4 Å². The number of nitrogens with zero attached hydrogens (tertiary/aromatic N) is 4. The topological polar surface area (TPSA) is 454 Å². The van der Waals surface area contributed by atoms with Gasteiger partial charge in [0.05, 0.1) is 121 Å². The van der Waals surface area contributed by atoms with Crippen LogP contribution in [0.3, 0.4) is 0 Å². The minimum absolute atomic E-state index is 0.0163. The lowest BCUT2D eigenvalue weighted by Gasteiger charge is -2.50. The molecule has 6 rings (SSSR count). The van der Waals surface area contributed by atoms with Gasteiger partial charge >= 0.3 is 47.8 Å². The molecular weight excluding hydrogens is 1770 g/mol. The monoisotopic (exact) mass is 1930 g/mol. The fraction of sp³-hybridized carbons (Fsp3) is 0.875. The van der Waals surface area contributed by atoms with Gasteiger partial charge in [-0.15, -0.1) is 0 Å². The van der Waals surface area contributed by atoms with Gasteiger partial charge in [-0.05, 0) is 168 Å². The minimum atomic E-state index is -2.11. The third-order valence-electron chi connectivity index (χ3n) is 28.3. The maximum absolute atomic E-state index is 14.9.